The van der Waals surface area contributed by atoms with E-state index in [1.807, 2.05) is 0 Å². The Kier molecular flexibility index (Phi) is 4.90. The molecule has 1 N–H and O–H groups in total. The largest absolute Gasteiger partial charge is 0.461 e. The summed E-state index contributed by atoms with van der Waals surface area (Å²) >= 11 is 0. The van der Waals surface area contributed by atoms with Gasteiger partial charge in [-0.15, -0.1) is 0 Å². The van der Waals surface area contributed by atoms with Crippen LogP contribution in [0.3, 0.4) is 0 Å². The Morgan fingerprint density at radius 3 is 2.00 bits per heavy atom. The van der Waals surface area contributed by atoms with E-state index < -0.39 is 53.7 Å². The second-order valence-electron chi connectivity index (χ2n) is 7.62. The molecule has 0 heterocycles. The van der Waals surface area contributed by atoms with Crippen LogP contribution >= 0.6 is 0 Å². The molecule has 2 aliphatic carbocycles. The van der Waals surface area contributed by atoms with Gasteiger partial charge in [0.05, 0.1) is 0 Å². The molecule has 0 aromatic rings. The van der Waals surface area contributed by atoms with E-state index in [9.17, 15) is 36.2 Å². The van der Waals surface area contributed by atoms with Crippen molar-refractivity contribution in [1.29, 1.82) is 0 Å². The van der Waals surface area contributed by atoms with Gasteiger partial charge in [-0.1, -0.05) is 6.92 Å². The van der Waals surface area contributed by atoms with Gasteiger partial charge in [-0.25, -0.2) is 0 Å². The molecule has 0 saturated heterocycles. The molecular formula is C16H22F6O3. The smallest absolute Gasteiger partial charge is 0.417 e. The average molecular weight is 376 g/mol. The van der Waals surface area contributed by atoms with Gasteiger partial charge in [-0.05, 0) is 45.4 Å². The summed E-state index contributed by atoms with van der Waals surface area (Å²) in [5.74, 6) is -3.64. The Bertz CT molecular complexity index is 527. The number of rotatable bonds is 4. The van der Waals surface area contributed by atoms with E-state index in [2.05, 4.69) is 0 Å². The zero-order valence-electron chi connectivity index (χ0n) is 14.2. The molecule has 0 aromatic carbocycles. The molecule has 25 heavy (non-hydrogen) atoms. The van der Waals surface area contributed by atoms with Crippen LogP contribution in [0.4, 0.5) is 26.3 Å². The van der Waals surface area contributed by atoms with Crippen LogP contribution in [-0.4, -0.2) is 35.1 Å². The molecule has 2 rings (SSSR count). The van der Waals surface area contributed by atoms with Crippen molar-refractivity contribution in [3.05, 3.63) is 0 Å². The van der Waals surface area contributed by atoms with Crippen molar-refractivity contribution in [3.8, 4) is 0 Å². The highest BCUT2D eigenvalue weighted by atomic mass is 19.4. The Morgan fingerprint density at radius 2 is 1.60 bits per heavy atom. The lowest BCUT2D eigenvalue weighted by molar-refractivity contribution is -0.281. The summed E-state index contributed by atoms with van der Waals surface area (Å²) in [5, 5.41) is 9.91. The predicted molar refractivity (Wildman–Crippen MR) is 75.3 cm³/mol. The van der Waals surface area contributed by atoms with Crippen molar-refractivity contribution >= 4 is 5.97 Å². The molecule has 2 bridgehead atoms. The monoisotopic (exact) mass is 376 g/mol. The number of carbonyl (C=O) groups excluding carboxylic acids is 1. The van der Waals surface area contributed by atoms with Gasteiger partial charge in [0.25, 0.3) is 0 Å². The van der Waals surface area contributed by atoms with E-state index >= 15 is 0 Å². The SMILES string of the molecule is CCC(C)(C(=O)OC1CC2CC1C(C(C)(O)C(F)(F)F)C2)C(F)(F)F. The fraction of sp³-hybridized carbons (Fsp3) is 0.938. The predicted octanol–water partition coefficient (Wildman–Crippen LogP) is 4.24. The number of alkyl halides is 6. The summed E-state index contributed by atoms with van der Waals surface area (Å²) in [6, 6.07) is 0. The summed E-state index contributed by atoms with van der Waals surface area (Å²) in [6.07, 6.45) is -10.6. The van der Waals surface area contributed by atoms with E-state index in [1.54, 1.807) is 0 Å². The second-order valence-corrected chi connectivity index (χ2v) is 7.62. The summed E-state index contributed by atoms with van der Waals surface area (Å²) in [6.45, 7) is 2.60. The quantitative estimate of drug-likeness (QED) is 0.590. The molecule has 0 amide bonds. The molecule has 0 aliphatic heterocycles. The molecule has 9 heteroatoms. The number of carbonyl (C=O) groups is 1. The third-order valence-electron chi connectivity index (χ3n) is 6.09. The maximum atomic E-state index is 13.1. The highest BCUT2D eigenvalue weighted by molar-refractivity contribution is 5.77. The Hall–Kier alpha value is -0.990. The van der Waals surface area contributed by atoms with Gasteiger partial charge in [-0.2, -0.15) is 26.3 Å². The van der Waals surface area contributed by atoms with Crippen LogP contribution in [0.5, 0.6) is 0 Å². The maximum Gasteiger partial charge on any atom is 0.417 e. The average Bonchev–Trinajstić information content (AvgIpc) is 3.03. The molecule has 6 atom stereocenters. The molecule has 0 spiro atoms. The molecule has 2 aliphatic rings. The fourth-order valence-corrected chi connectivity index (χ4v) is 4.01. The van der Waals surface area contributed by atoms with Crippen LogP contribution < -0.4 is 0 Å². The summed E-state index contributed by atoms with van der Waals surface area (Å²) < 4.78 is 83.8. The molecule has 2 fully saturated rings. The fourth-order valence-electron chi connectivity index (χ4n) is 4.01. The van der Waals surface area contributed by atoms with Crippen LogP contribution in [0.1, 0.15) is 46.5 Å². The minimum absolute atomic E-state index is 0.121. The minimum atomic E-state index is -4.86. The van der Waals surface area contributed by atoms with E-state index in [0.717, 1.165) is 6.92 Å². The van der Waals surface area contributed by atoms with Gasteiger partial charge in [0, 0.05) is 11.8 Å². The summed E-state index contributed by atoms with van der Waals surface area (Å²) in [4.78, 5) is 12.1. The lowest BCUT2D eigenvalue weighted by Gasteiger charge is -2.40. The van der Waals surface area contributed by atoms with Gasteiger partial charge in [0.15, 0.2) is 11.0 Å². The first-order chi connectivity index (χ1) is 11.1. The van der Waals surface area contributed by atoms with E-state index in [0.29, 0.717) is 13.3 Å². The lowest BCUT2D eigenvalue weighted by Crippen LogP contribution is -2.53. The van der Waals surface area contributed by atoms with Crippen LogP contribution in [0.2, 0.25) is 0 Å². The number of hydrogen-bond acceptors (Lipinski definition) is 3. The van der Waals surface area contributed by atoms with Crippen molar-refractivity contribution in [2.75, 3.05) is 0 Å². The third-order valence-corrected chi connectivity index (χ3v) is 6.09. The molecule has 6 unspecified atom stereocenters. The first kappa shape index (κ1) is 20.3. The van der Waals surface area contributed by atoms with Crippen LogP contribution in [0.15, 0.2) is 0 Å². The zero-order valence-corrected chi connectivity index (χ0v) is 14.2. The van der Waals surface area contributed by atoms with Gasteiger partial charge >= 0.3 is 18.3 Å². The molecule has 0 aromatic heterocycles. The Labute approximate surface area is 141 Å². The second kappa shape index (κ2) is 6.03. The van der Waals surface area contributed by atoms with E-state index in [4.69, 9.17) is 4.74 Å². The first-order valence-electron chi connectivity index (χ1n) is 8.22. The van der Waals surface area contributed by atoms with Gasteiger partial charge in [0.1, 0.15) is 6.10 Å². The van der Waals surface area contributed by atoms with Crippen molar-refractivity contribution in [1.82, 2.24) is 0 Å². The van der Waals surface area contributed by atoms with Crippen molar-refractivity contribution in [3.63, 3.8) is 0 Å². The Morgan fingerprint density at radius 1 is 1.04 bits per heavy atom. The number of aliphatic hydroxyl groups is 1. The van der Waals surface area contributed by atoms with E-state index in [1.165, 1.54) is 6.92 Å². The number of ether oxygens (including phenoxy) is 1. The van der Waals surface area contributed by atoms with E-state index in [-0.39, 0.29) is 18.8 Å². The summed E-state index contributed by atoms with van der Waals surface area (Å²) in [5.41, 5.74) is -5.66. The van der Waals surface area contributed by atoms with Crippen molar-refractivity contribution in [2.45, 2.75) is 70.5 Å². The number of esters is 1. The molecular weight excluding hydrogens is 354 g/mol. The standard InChI is InChI=1S/C16H22F6O3/c1-4-13(2,15(17,18)19)12(23)25-11-7-8-5-9(11)10(6-8)14(3,24)16(20,21)22/h8-11,24H,4-7H2,1-3H3. The van der Waals surface area contributed by atoms with Gasteiger partial charge in [-0.3, -0.25) is 4.79 Å². The first-order valence-corrected chi connectivity index (χ1v) is 8.22. The number of fused-ring (bicyclic) bond motifs is 2. The zero-order chi connectivity index (χ0) is 19.4. The number of halogens is 6. The normalized spacial score (nSPS) is 34.5. The molecule has 3 nitrogen and oxygen atoms in total. The van der Waals surface area contributed by atoms with Gasteiger partial charge < -0.3 is 9.84 Å². The van der Waals surface area contributed by atoms with Gasteiger partial charge in [0.2, 0.25) is 0 Å². The van der Waals surface area contributed by atoms with Crippen LogP contribution in [0.25, 0.3) is 0 Å². The minimum Gasteiger partial charge on any atom is -0.461 e. The topological polar surface area (TPSA) is 46.5 Å². The highest BCUT2D eigenvalue weighted by Gasteiger charge is 2.64. The molecule has 2 saturated carbocycles. The maximum absolute atomic E-state index is 13.1. The summed E-state index contributed by atoms with van der Waals surface area (Å²) in [7, 11) is 0. The Balaban J connectivity index is 2.17. The highest BCUT2D eigenvalue weighted by Crippen LogP contribution is 2.56. The van der Waals surface area contributed by atoms with Crippen LogP contribution in [-0.2, 0) is 9.53 Å². The molecule has 0 radical (unpaired) electrons. The lowest BCUT2D eigenvalue weighted by atomic mass is 9.75. The van der Waals surface area contributed by atoms with Crippen molar-refractivity contribution < 1.29 is 41.0 Å². The van der Waals surface area contributed by atoms with Crippen molar-refractivity contribution in [2.24, 2.45) is 23.2 Å². The third kappa shape index (κ3) is 3.24. The molecule has 146 valence electrons. The number of hydrogen-bond donors (Lipinski definition) is 1. The van der Waals surface area contributed by atoms with Crippen LogP contribution in [0, 0.1) is 23.2 Å².